The molecule has 7 heteroatoms. The molecule has 1 fully saturated rings. The van der Waals surface area contributed by atoms with Crippen molar-refractivity contribution >= 4 is 16.0 Å². The lowest BCUT2D eigenvalue weighted by atomic mass is 9.85. The highest BCUT2D eigenvalue weighted by atomic mass is 32.2. The van der Waals surface area contributed by atoms with Gasteiger partial charge in [-0.2, -0.15) is 0 Å². The minimum atomic E-state index is -3.68. The van der Waals surface area contributed by atoms with E-state index in [0.717, 1.165) is 24.8 Å². The van der Waals surface area contributed by atoms with Crippen LogP contribution >= 0.6 is 0 Å². The predicted molar refractivity (Wildman–Crippen MR) is 72.9 cm³/mol. The Balaban J connectivity index is 1.78. The number of benzene rings is 1. The molecule has 3 rings (SSSR count). The molecule has 1 heterocycles. The van der Waals surface area contributed by atoms with Crippen molar-refractivity contribution in [2.45, 2.75) is 37.0 Å². The fourth-order valence-corrected chi connectivity index (χ4v) is 2.91. The molecular formula is C13H15N3O3S. The Hall–Kier alpha value is -1.89. The summed E-state index contributed by atoms with van der Waals surface area (Å²) in [4.78, 5) is 0.173. The third-order valence-electron chi connectivity index (χ3n) is 3.45. The van der Waals surface area contributed by atoms with Crippen LogP contribution in [0.1, 0.15) is 36.6 Å². The van der Waals surface area contributed by atoms with Crippen molar-refractivity contribution in [3.63, 3.8) is 0 Å². The summed E-state index contributed by atoms with van der Waals surface area (Å²) in [7, 11) is -3.68. The van der Waals surface area contributed by atoms with Gasteiger partial charge in [0.15, 0.2) is 0 Å². The average molecular weight is 293 g/mol. The number of aryl methyl sites for hydroxylation is 1. The summed E-state index contributed by atoms with van der Waals surface area (Å²) < 4.78 is 31.9. The van der Waals surface area contributed by atoms with Crippen LogP contribution in [0.5, 0.6) is 0 Å². The molecule has 1 aromatic carbocycles. The van der Waals surface area contributed by atoms with Gasteiger partial charge >= 0.3 is 6.01 Å². The van der Waals surface area contributed by atoms with Crippen LogP contribution in [0, 0.1) is 6.92 Å². The van der Waals surface area contributed by atoms with Gasteiger partial charge in [-0.3, -0.25) is 0 Å². The van der Waals surface area contributed by atoms with Crippen LogP contribution in [0.25, 0.3) is 0 Å². The molecule has 1 aliphatic carbocycles. The fourth-order valence-electron chi connectivity index (χ4n) is 1.99. The summed E-state index contributed by atoms with van der Waals surface area (Å²) in [6.45, 7) is 1.90. The number of rotatable bonds is 4. The molecule has 0 unspecified atom stereocenters. The van der Waals surface area contributed by atoms with Crippen molar-refractivity contribution in [3.05, 3.63) is 35.7 Å². The van der Waals surface area contributed by atoms with Crippen LogP contribution in [0.15, 0.2) is 33.6 Å². The number of sulfonamides is 1. The van der Waals surface area contributed by atoms with Crippen LogP contribution in [0.3, 0.4) is 0 Å². The van der Waals surface area contributed by atoms with Gasteiger partial charge in [0.05, 0.1) is 4.90 Å². The average Bonchev–Trinajstić information content (AvgIpc) is 2.74. The monoisotopic (exact) mass is 293 g/mol. The van der Waals surface area contributed by atoms with E-state index in [-0.39, 0.29) is 16.8 Å². The van der Waals surface area contributed by atoms with Gasteiger partial charge in [-0.15, -0.1) is 5.10 Å². The molecule has 106 valence electrons. The van der Waals surface area contributed by atoms with Gasteiger partial charge in [0, 0.05) is 5.92 Å². The lowest BCUT2D eigenvalue weighted by Gasteiger charge is -2.20. The van der Waals surface area contributed by atoms with Crippen LogP contribution in [-0.4, -0.2) is 18.6 Å². The highest BCUT2D eigenvalue weighted by Gasteiger charge is 2.26. The van der Waals surface area contributed by atoms with Crippen molar-refractivity contribution in [3.8, 4) is 0 Å². The minimum Gasteiger partial charge on any atom is -0.407 e. The molecule has 0 bridgehead atoms. The molecule has 20 heavy (non-hydrogen) atoms. The smallest absolute Gasteiger partial charge is 0.329 e. The molecule has 0 aliphatic heterocycles. The summed E-state index contributed by atoms with van der Waals surface area (Å²) in [6.07, 6.45) is 3.19. The number of hydrogen-bond acceptors (Lipinski definition) is 5. The second-order valence-electron chi connectivity index (χ2n) is 4.99. The van der Waals surface area contributed by atoms with Gasteiger partial charge in [0.25, 0.3) is 10.0 Å². The van der Waals surface area contributed by atoms with E-state index in [1.807, 2.05) is 6.92 Å². The van der Waals surface area contributed by atoms with Gasteiger partial charge in [-0.05, 0) is 31.9 Å². The standard InChI is InChI=1S/C13H15N3O3S/c1-9-5-7-11(8-6-9)20(17,18)16-13-15-14-12(19-13)10-3-2-4-10/h5-8,10H,2-4H2,1H3,(H,15,16). The summed E-state index contributed by atoms with van der Waals surface area (Å²) >= 11 is 0. The van der Waals surface area contributed by atoms with Crippen LogP contribution in [0.4, 0.5) is 6.01 Å². The van der Waals surface area contributed by atoms with E-state index in [9.17, 15) is 8.42 Å². The van der Waals surface area contributed by atoms with Crippen molar-refractivity contribution in [2.75, 3.05) is 4.72 Å². The van der Waals surface area contributed by atoms with Gasteiger partial charge in [0.2, 0.25) is 5.89 Å². The maximum absolute atomic E-state index is 12.1. The molecule has 1 N–H and O–H groups in total. The number of aromatic nitrogens is 2. The normalized spacial score (nSPS) is 15.8. The lowest BCUT2D eigenvalue weighted by Crippen LogP contribution is -2.13. The Kier molecular flexibility index (Phi) is 3.21. The Morgan fingerprint density at radius 1 is 1.20 bits per heavy atom. The largest absolute Gasteiger partial charge is 0.407 e. The van der Waals surface area contributed by atoms with Gasteiger partial charge < -0.3 is 4.42 Å². The topological polar surface area (TPSA) is 85.1 Å². The van der Waals surface area contributed by atoms with Crippen molar-refractivity contribution in [2.24, 2.45) is 0 Å². The summed E-state index contributed by atoms with van der Waals surface area (Å²) in [5.74, 6) is 0.790. The zero-order valence-electron chi connectivity index (χ0n) is 11.0. The second kappa shape index (κ2) is 4.90. The Morgan fingerprint density at radius 2 is 1.90 bits per heavy atom. The summed E-state index contributed by atoms with van der Waals surface area (Å²) in [6, 6.07) is 6.49. The maximum Gasteiger partial charge on any atom is 0.329 e. The van der Waals surface area contributed by atoms with E-state index in [4.69, 9.17) is 4.42 Å². The number of nitrogens with zero attached hydrogens (tertiary/aromatic N) is 2. The predicted octanol–water partition coefficient (Wildman–Crippen LogP) is 2.45. The fraction of sp³-hybridized carbons (Fsp3) is 0.385. The van der Waals surface area contributed by atoms with Crippen LogP contribution < -0.4 is 4.72 Å². The number of hydrogen-bond donors (Lipinski definition) is 1. The zero-order valence-corrected chi connectivity index (χ0v) is 11.9. The first-order chi connectivity index (χ1) is 9.54. The maximum atomic E-state index is 12.1. The molecule has 0 saturated heterocycles. The third-order valence-corrected chi connectivity index (χ3v) is 4.78. The Labute approximate surface area is 117 Å². The first-order valence-electron chi connectivity index (χ1n) is 6.47. The number of anilines is 1. The van der Waals surface area contributed by atoms with Crippen LogP contribution in [-0.2, 0) is 10.0 Å². The molecule has 0 radical (unpaired) electrons. The molecule has 6 nitrogen and oxygen atoms in total. The Morgan fingerprint density at radius 3 is 2.50 bits per heavy atom. The van der Waals surface area contributed by atoms with Crippen LogP contribution in [0.2, 0.25) is 0 Å². The quantitative estimate of drug-likeness (QED) is 0.935. The molecule has 0 spiro atoms. The first-order valence-corrected chi connectivity index (χ1v) is 7.96. The van der Waals surface area contributed by atoms with Gasteiger partial charge in [-0.25, -0.2) is 13.1 Å². The van der Waals surface area contributed by atoms with Crippen molar-refractivity contribution < 1.29 is 12.8 Å². The Bertz CT molecular complexity index is 703. The third kappa shape index (κ3) is 2.53. The molecular weight excluding hydrogens is 278 g/mol. The summed E-state index contributed by atoms with van der Waals surface area (Å²) in [5, 5.41) is 7.63. The van der Waals surface area contributed by atoms with E-state index in [1.165, 1.54) is 0 Å². The molecule has 1 saturated carbocycles. The minimum absolute atomic E-state index is 0.0764. The van der Waals surface area contributed by atoms with Crippen molar-refractivity contribution in [1.82, 2.24) is 10.2 Å². The highest BCUT2D eigenvalue weighted by molar-refractivity contribution is 7.92. The van der Waals surface area contributed by atoms with E-state index < -0.39 is 10.0 Å². The van der Waals surface area contributed by atoms with Gasteiger partial charge in [-0.1, -0.05) is 29.2 Å². The van der Waals surface area contributed by atoms with E-state index in [2.05, 4.69) is 14.9 Å². The summed E-state index contributed by atoms with van der Waals surface area (Å²) in [5.41, 5.74) is 0.994. The highest BCUT2D eigenvalue weighted by Crippen LogP contribution is 2.36. The van der Waals surface area contributed by atoms with Crippen molar-refractivity contribution in [1.29, 1.82) is 0 Å². The second-order valence-corrected chi connectivity index (χ2v) is 6.67. The zero-order chi connectivity index (χ0) is 14.2. The van der Waals surface area contributed by atoms with Gasteiger partial charge in [0.1, 0.15) is 0 Å². The molecule has 1 aromatic heterocycles. The lowest BCUT2D eigenvalue weighted by molar-refractivity contribution is 0.339. The SMILES string of the molecule is Cc1ccc(S(=O)(=O)Nc2nnc(C3CCC3)o2)cc1. The van der Waals surface area contributed by atoms with E-state index in [1.54, 1.807) is 24.3 Å². The van der Waals surface area contributed by atoms with E-state index in [0.29, 0.717) is 5.89 Å². The molecule has 0 atom stereocenters. The molecule has 2 aromatic rings. The van der Waals surface area contributed by atoms with E-state index >= 15 is 0 Å². The number of nitrogens with one attached hydrogen (secondary N) is 1. The first kappa shape index (κ1) is 13.1. The molecule has 1 aliphatic rings. The molecule has 0 amide bonds.